The fraction of sp³-hybridized carbons (Fsp3) is 0.842. The van der Waals surface area contributed by atoms with Crippen LogP contribution in [-0.4, -0.2) is 69.6 Å². The Hall–Kier alpha value is -0.990. The van der Waals surface area contributed by atoms with Crippen molar-refractivity contribution in [3.05, 3.63) is 11.1 Å². The quantitative estimate of drug-likeness (QED) is 0.493. The van der Waals surface area contributed by atoms with Crippen LogP contribution in [0.25, 0.3) is 0 Å². The molecule has 7 aliphatic rings. The smallest absolute Gasteiger partial charge is 0.334 e. The molecule has 0 aromatic rings. The first-order chi connectivity index (χ1) is 12.3. The molecule has 0 bridgehead atoms. The van der Waals surface area contributed by atoms with Gasteiger partial charge in [-0.15, -0.1) is 0 Å². The van der Waals surface area contributed by atoms with E-state index in [2.05, 4.69) is 0 Å². The van der Waals surface area contributed by atoms with Crippen LogP contribution in [0, 0.1) is 11.8 Å². The van der Waals surface area contributed by atoms with Crippen LogP contribution in [0.15, 0.2) is 11.1 Å². The first-order valence-electron chi connectivity index (χ1n) is 9.67. The molecule has 7 heteroatoms. The molecule has 0 unspecified atom stereocenters. The number of esters is 1. The Kier molecular flexibility index (Phi) is 2.18. The number of aliphatic hydroxyl groups is 2. The molecule has 26 heavy (non-hydrogen) atoms. The lowest BCUT2D eigenvalue weighted by molar-refractivity contribution is -0.153. The van der Waals surface area contributed by atoms with Crippen molar-refractivity contribution < 1.29 is 34.0 Å². The normalized spacial score (nSPS) is 63.1. The second kappa shape index (κ2) is 3.78. The third kappa shape index (κ3) is 1.14. The highest BCUT2D eigenvalue weighted by Gasteiger charge is 3.01. The van der Waals surface area contributed by atoms with E-state index in [1.807, 2.05) is 13.8 Å². The van der Waals surface area contributed by atoms with Gasteiger partial charge in [0.1, 0.15) is 36.1 Å². The molecule has 9 atom stereocenters. The van der Waals surface area contributed by atoms with Crippen LogP contribution < -0.4 is 0 Å². The van der Waals surface area contributed by atoms with E-state index in [-0.39, 0.29) is 42.7 Å². The second-order valence-electron chi connectivity index (χ2n) is 9.42. The van der Waals surface area contributed by atoms with E-state index in [1.54, 1.807) is 0 Å². The number of epoxide rings is 3. The molecule has 0 aromatic heterocycles. The molecule has 0 aromatic carbocycles. The van der Waals surface area contributed by atoms with Crippen LogP contribution in [0.3, 0.4) is 0 Å². The van der Waals surface area contributed by atoms with Crippen molar-refractivity contribution in [3.63, 3.8) is 0 Å². The molecule has 7 nitrogen and oxygen atoms in total. The Balaban J connectivity index is 1.39. The van der Waals surface area contributed by atoms with Gasteiger partial charge in [-0.3, -0.25) is 0 Å². The summed E-state index contributed by atoms with van der Waals surface area (Å²) in [6.07, 6.45) is 0.0327. The van der Waals surface area contributed by atoms with Crippen LogP contribution in [0.4, 0.5) is 0 Å². The predicted molar refractivity (Wildman–Crippen MR) is 83.9 cm³/mol. The van der Waals surface area contributed by atoms with E-state index in [9.17, 15) is 15.0 Å². The van der Waals surface area contributed by atoms with E-state index < -0.39 is 28.5 Å². The van der Waals surface area contributed by atoms with Crippen molar-refractivity contribution in [2.75, 3.05) is 6.61 Å². The first kappa shape index (κ1) is 15.0. The lowest BCUT2D eigenvalue weighted by Crippen LogP contribution is -2.72. The van der Waals surface area contributed by atoms with Crippen LogP contribution in [0.1, 0.15) is 33.1 Å². The Morgan fingerprint density at radius 1 is 1.19 bits per heavy atom. The van der Waals surface area contributed by atoms with Crippen molar-refractivity contribution in [1.29, 1.82) is 0 Å². The minimum absolute atomic E-state index is 0.137. The molecule has 0 amide bonds. The molecule has 3 aliphatic carbocycles. The standard InChI is InChI=1S/C19H22O7/c1-7(2)17-12(25-17)13-19(26-13)16(22)4-3-8-9(6-23-14(8)20)10(16)5-11-18(19,24-11)15(17)21/h7,10-13,15,21-22H,3-6H2,1-2H3/t10-,11-,12-,13-,15+,16+,17-,18+,19+/m0/s1. The number of ether oxygens (including phenoxy) is 4. The summed E-state index contributed by atoms with van der Waals surface area (Å²) in [5.74, 6) is -0.340. The summed E-state index contributed by atoms with van der Waals surface area (Å²) in [6.45, 7) is 4.35. The first-order valence-corrected chi connectivity index (χ1v) is 9.67. The van der Waals surface area contributed by atoms with E-state index in [4.69, 9.17) is 18.9 Å². The Morgan fingerprint density at radius 3 is 2.77 bits per heavy atom. The summed E-state index contributed by atoms with van der Waals surface area (Å²) in [6, 6.07) is 0. The van der Waals surface area contributed by atoms with Crippen LogP contribution >= 0.6 is 0 Å². The average molecular weight is 362 g/mol. The lowest BCUT2D eigenvalue weighted by atomic mass is 9.51. The molecule has 5 fully saturated rings. The number of rotatable bonds is 1. The van der Waals surface area contributed by atoms with Gasteiger partial charge in [-0.2, -0.15) is 0 Å². The van der Waals surface area contributed by atoms with Crippen molar-refractivity contribution in [1.82, 2.24) is 0 Å². The molecule has 7 rings (SSSR count). The van der Waals surface area contributed by atoms with Crippen LogP contribution in [0.2, 0.25) is 0 Å². The van der Waals surface area contributed by atoms with Gasteiger partial charge >= 0.3 is 5.97 Å². The topological polar surface area (TPSA) is 104 Å². The van der Waals surface area contributed by atoms with Crippen LogP contribution in [-0.2, 0) is 23.7 Å². The zero-order chi connectivity index (χ0) is 17.9. The van der Waals surface area contributed by atoms with Crippen molar-refractivity contribution >= 4 is 5.97 Å². The summed E-state index contributed by atoms with van der Waals surface area (Å²) >= 11 is 0. The SMILES string of the molecule is CC(C)[C@]12O[C@H]1[C@@H]1O[C@]13[C@]1(O[C@H]1C[C@H]1C4=C(CC[C@@]13O)C(=O)OC4)[C@@H]2O. The fourth-order valence-electron chi connectivity index (χ4n) is 7.25. The van der Waals surface area contributed by atoms with Gasteiger partial charge in [0.25, 0.3) is 0 Å². The molecule has 3 saturated heterocycles. The molecule has 140 valence electrons. The van der Waals surface area contributed by atoms with Gasteiger partial charge in [0, 0.05) is 11.5 Å². The summed E-state index contributed by atoms with van der Waals surface area (Å²) in [7, 11) is 0. The maximum atomic E-state index is 12.0. The van der Waals surface area contributed by atoms with Gasteiger partial charge in [0.05, 0.1) is 6.10 Å². The largest absolute Gasteiger partial charge is 0.458 e. The highest BCUT2D eigenvalue weighted by atomic mass is 16.8. The summed E-state index contributed by atoms with van der Waals surface area (Å²) in [5, 5.41) is 23.2. The molecule has 2 saturated carbocycles. The van der Waals surface area contributed by atoms with Gasteiger partial charge in [-0.1, -0.05) is 13.8 Å². The highest BCUT2D eigenvalue weighted by molar-refractivity contribution is 5.92. The molecule has 2 spiro atoms. The molecular weight excluding hydrogens is 340 g/mol. The Morgan fingerprint density at radius 2 is 2.00 bits per heavy atom. The van der Waals surface area contributed by atoms with E-state index in [0.717, 1.165) is 11.1 Å². The zero-order valence-electron chi connectivity index (χ0n) is 14.7. The monoisotopic (exact) mass is 362 g/mol. The van der Waals surface area contributed by atoms with Gasteiger partial charge in [0.15, 0.2) is 11.2 Å². The molecule has 2 N–H and O–H groups in total. The number of cyclic esters (lactones) is 1. The van der Waals surface area contributed by atoms with Gasteiger partial charge in [-0.05, 0) is 30.8 Å². The third-order valence-corrected chi connectivity index (χ3v) is 8.56. The van der Waals surface area contributed by atoms with Gasteiger partial charge in [-0.25, -0.2) is 4.79 Å². The maximum absolute atomic E-state index is 12.0. The average Bonchev–Trinajstić information content (AvgIpc) is 3.47. The number of hydrogen-bond donors (Lipinski definition) is 2. The number of hydrogen-bond acceptors (Lipinski definition) is 7. The Labute approximate surface area is 150 Å². The number of carbonyl (C=O) groups excluding carboxylic acids is 1. The van der Waals surface area contributed by atoms with Gasteiger partial charge < -0.3 is 29.2 Å². The summed E-state index contributed by atoms with van der Waals surface area (Å²) in [5.41, 5.74) is -1.99. The zero-order valence-corrected chi connectivity index (χ0v) is 14.7. The van der Waals surface area contributed by atoms with Crippen LogP contribution in [0.5, 0.6) is 0 Å². The molecule has 4 heterocycles. The number of carbonyl (C=O) groups is 1. The minimum atomic E-state index is -1.16. The van der Waals surface area contributed by atoms with Gasteiger partial charge in [0.2, 0.25) is 0 Å². The maximum Gasteiger partial charge on any atom is 0.334 e. The molecule has 0 radical (unpaired) electrons. The van der Waals surface area contributed by atoms with E-state index in [1.165, 1.54) is 0 Å². The van der Waals surface area contributed by atoms with Crippen molar-refractivity contribution in [3.8, 4) is 0 Å². The fourth-order valence-corrected chi connectivity index (χ4v) is 7.25. The minimum Gasteiger partial charge on any atom is -0.458 e. The van der Waals surface area contributed by atoms with E-state index in [0.29, 0.717) is 19.3 Å². The predicted octanol–water partition coefficient (Wildman–Crippen LogP) is -0.172. The number of aliphatic hydroxyl groups excluding tert-OH is 1. The van der Waals surface area contributed by atoms with E-state index >= 15 is 0 Å². The second-order valence-corrected chi connectivity index (χ2v) is 9.42. The molecule has 4 aliphatic heterocycles. The molecular formula is C19H22O7. The summed E-state index contributed by atoms with van der Waals surface area (Å²) in [4.78, 5) is 12.0. The summed E-state index contributed by atoms with van der Waals surface area (Å²) < 4.78 is 23.7. The third-order valence-electron chi connectivity index (χ3n) is 8.56. The van der Waals surface area contributed by atoms with Crippen molar-refractivity contribution in [2.45, 2.75) is 79.9 Å². The highest BCUT2D eigenvalue weighted by Crippen LogP contribution is 2.80. The number of fused-ring (bicyclic) bond motifs is 4. The Bertz CT molecular complexity index is 821. The lowest BCUT2D eigenvalue weighted by Gasteiger charge is -2.51. The van der Waals surface area contributed by atoms with Crippen molar-refractivity contribution in [2.24, 2.45) is 11.8 Å².